The Kier molecular flexibility index (Phi) is 6.30. The van der Waals surface area contributed by atoms with E-state index in [0.717, 1.165) is 18.2 Å². The van der Waals surface area contributed by atoms with Gasteiger partial charge >= 0.3 is 6.18 Å². The van der Waals surface area contributed by atoms with Crippen LogP contribution in [0.25, 0.3) is 0 Å². The molecule has 0 aliphatic rings. The maximum atomic E-state index is 13.2. The Bertz CT molecular complexity index is 1210. The molecule has 5 nitrogen and oxygen atoms in total. The number of hydrogen-bond donors (Lipinski definition) is 1. The van der Waals surface area contributed by atoms with Crippen molar-refractivity contribution >= 4 is 15.9 Å². The summed E-state index contributed by atoms with van der Waals surface area (Å²) < 4.78 is 83.6. The largest absolute Gasteiger partial charge is 0.489 e. The Morgan fingerprint density at radius 3 is 2.35 bits per heavy atom. The van der Waals surface area contributed by atoms with Gasteiger partial charge in [-0.05, 0) is 54.1 Å². The van der Waals surface area contributed by atoms with Gasteiger partial charge in [-0.25, -0.2) is 17.5 Å². The van der Waals surface area contributed by atoms with Gasteiger partial charge in [-0.15, -0.1) is 0 Å². The quantitative estimate of drug-likeness (QED) is 0.557. The van der Waals surface area contributed by atoms with E-state index in [0.29, 0.717) is 11.6 Å². The van der Waals surface area contributed by atoms with Gasteiger partial charge in [0, 0.05) is 5.56 Å². The van der Waals surface area contributed by atoms with Gasteiger partial charge in [-0.1, -0.05) is 24.3 Å². The van der Waals surface area contributed by atoms with Gasteiger partial charge in [0.05, 0.1) is 10.5 Å². The zero-order valence-corrected chi connectivity index (χ0v) is 16.5. The number of halogens is 4. The van der Waals surface area contributed by atoms with Gasteiger partial charge in [0.25, 0.3) is 15.9 Å². The summed E-state index contributed by atoms with van der Waals surface area (Å²) in [6.07, 6.45) is -4.73. The van der Waals surface area contributed by atoms with E-state index in [-0.39, 0.29) is 17.9 Å². The fourth-order valence-electron chi connectivity index (χ4n) is 2.60. The van der Waals surface area contributed by atoms with Crippen LogP contribution in [-0.4, -0.2) is 14.3 Å². The second-order valence-corrected chi connectivity index (χ2v) is 8.09. The molecule has 0 heterocycles. The lowest BCUT2D eigenvalue weighted by atomic mass is 10.2. The number of benzene rings is 3. The maximum absolute atomic E-state index is 13.2. The summed E-state index contributed by atoms with van der Waals surface area (Å²) in [6.45, 7) is 0.00532. The number of hydrogen-bond acceptors (Lipinski definition) is 4. The molecule has 0 bridgehead atoms. The second-order valence-electron chi connectivity index (χ2n) is 6.41. The molecule has 3 aromatic rings. The highest BCUT2D eigenvalue weighted by Crippen LogP contribution is 2.30. The summed E-state index contributed by atoms with van der Waals surface area (Å²) >= 11 is 0. The monoisotopic (exact) mass is 453 g/mol. The summed E-state index contributed by atoms with van der Waals surface area (Å²) in [5, 5.41) is 0. The van der Waals surface area contributed by atoms with Crippen LogP contribution >= 0.6 is 0 Å². The molecule has 3 rings (SSSR count). The summed E-state index contributed by atoms with van der Waals surface area (Å²) in [5.41, 5.74) is -0.704. The number of alkyl halides is 3. The fraction of sp³-hybridized carbons (Fsp3) is 0.0952. The first-order valence-corrected chi connectivity index (χ1v) is 10.2. The molecule has 0 unspecified atom stereocenters. The first-order valence-electron chi connectivity index (χ1n) is 8.76. The fourth-order valence-corrected chi connectivity index (χ4v) is 3.62. The predicted octanol–water partition coefficient (Wildman–Crippen LogP) is 4.54. The van der Waals surface area contributed by atoms with Crippen LogP contribution in [0.5, 0.6) is 5.75 Å². The zero-order valence-electron chi connectivity index (χ0n) is 15.7. The van der Waals surface area contributed by atoms with Crippen molar-refractivity contribution in [2.24, 2.45) is 0 Å². The Morgan fingerprint density at radius 2 is 1.65 bits per heavy atom. The van der Waals surface area contributed by atoms with Crippen molar-refractivity contribution in [2.45, 2.75) is 17.7 Å². The van der Waals surface area contributed by atoms with E-state index in [1.54, 1.807) is 10.8 Å². The molecular weight excluding hydrogens is 438 g/mol. The Hall–Kier alpha value is -3.40. The van der Waals surface area contributed by atoms with E-state index in [4.69, 9.17) is 4.74 Å². The topological polar surface area (TPSA) is 72.5 Å². The highest BCUT2D eigenvalue weighted by Gasteiger charge is 2.32. The number of nitrogens with one attached hydrogen (secondary N) is 1. The minimum absolute atomic E-state index is 0.00532. The molecule has 10 heteroatoms. The number of ether oxygens (including phenoxy) is 1. The van der Waals surface area contributed by atoms with Gasteiger partial charge in [-0.2, -0.15) is 13.2 Å². The maximum Gasteiger partial charge on any atom is 0.416 e. The lowest BCUT2D eigenvalue weighted by molar-refractivity contribution is -0.137. The SMILES string of the molecule is O=C(NS(=O)(=O)c1cccc(C(F)(F)F)c1)c1cccc(OCc2cccc(F)c2)c1. The van der Waals surface area contributed by atoms with Crippen LogP contribution in [0.15, 0.2) is 77.7 Å². The van der Waals surface area contributed by atoms with Crippen molar-refractivity contribution in [3.05, 3.63) is 95.3 Å². The van der Waals surface area contributed by atoms with Crippen molar-refractivity contribution in [3.8, 4) is 5.75 Å². The van der Waals surface area contributed by atoms with Crippen LogP contribution in [0.4, 0.5) is 17.6 Å². The number of carbonyl (C=O) groups is 1. The molecular formula is C21H15F4NO4S. The minimum Gasteiger partial charge on any atom is -0.489 e. The molecule has 0 saturated heterocycles. The molecule has 1 N–H and O–H groups in total. The van der Waals surface area contributed by atoms with E-state index in [9.17, 15) is 30.8 Å². The third-order valence-electron chi connectivity index (χ3n) is 4.09. The average molecular weight is 453 g/mol. The first-order chi connectivity index (χ1) is 14.5. The third kappa shape index (κ3) is 5.82. The molecule has 1 amide bonds. The van der Waals surface area contributed by atoms with Crippen molar-refractivity contribution in [1.82, 2.24) is 4.72 Å². The molecule has 0 saturated carbocycles. The predicted molar refractivity (Wildman–Crippen MR) is 103 cm³/mol. The molecule has 31 heavy (non-hydrogen) atoms. The molecule has 0 aliphatic carbocycles. The van der Waals surface area contributed by atoms with Crippen LogP contribution in [0.1, 0.15) is 21.5 Å². The number of amides is 1. The summed E-state index contributed by atoms with van der Waals surface area (Å²) in [4.78, 5) is 11.7. The van der Waals surface area contributed by atoms with E-state index in [2.05, 4.69) is 0 Å². The lowest BCUT2D eigenvalue weighted by Crippen LogP contribution is -2.30. The molecule has 0 aromatic heterocycles. The highest BCUT2D eigenvalue weighted by atomic mass is 32.2. The van der Waals surface area contributed by atoms with Crippen LogP contribution in [0.3, 0.4) is 0 Å². The average Bonchev–Trinajstić information content (AvgIpc) is 2.72. The third-order valence-corrected chi connectivity index (χ3v) is 5.42. The van der Waals surface area contributed by atoms with Crippen LogP contribution in [0.2, 0.25) is 0 Å². The Labute approximate surface area is 175 Å². The van der Waals surface area contributed by atoms with Gasteiger partial charge in [0.15, 0.2) is 0 Å². The van der Waals surface area contributed by atoms with Gasteiger partial charge < -0.3 is 4.74 Å². The number of rotatable bonds is 6. The van der Waals surface area contributed by atoms with Crippen molar-refractivity contribution in [3.63, 3.8) is 0 Å². The van der Waals surface area contributed by atoms with Gasteiger partial charge in [-0.3, -0.25) is 4.79 Å². The molecule has 0 fully saturated rings. The molecule has 162 valence electrons. The molecule has 0 atom stereocenters. The standard InChI is InChI=1S/C21H15F4NO4S/c22-17-7-1-4-14(10-17)13-30-18-8-2-5-15(11-18)20(27)26-31(28,29)19-9-3-6-16(12-19)21(23,24)25/h1-12H,13H2,(H,26,27). The molecule has 0 spiro atoms. The van der Waals surface area contributed by atoms with Crippen LogP contribution in [0, 0.1) is 5.82 Å². The second kappa shape index (κ2) is 8.76. The summed E-state index contributed by atoms with van der Waals surface area (Å²) in [6, 6.07) is 14.3. The van der Waals surface area contributed by atoms with E-state index in [1.807, 2.05) is 0 Å². The zero-order chi connectivity index (χ0) is 22.6. The van der Waals surface area contributed by atoms with Crippen LogP contribution in [-0.2, 0) is 22.8 Å². The van der Waals surface area contributed by atoms with Crippen molar-refractivity contribution in [1.29, 1.82) is 0 Å². The summed E-state index contributed by atoms with van der Waals surface area (Å²) in [5.74, 6) is -1.27. The normalized spacial score (nSPS) is 11.7. The smallest absolute Gasteiger partial charge is 0.416 e. The number of carbonyl (C=O) groups excluding carboxylic acids is 1. The Morgan fingerprint density at radius 1 is 0.935 bits per heavy atom. The van der Waals surface area contributed by atoms with E-state index >= 15 is 0 Å². The molecule has 0 radical (unpaired) electrons. The minimum atomic E-state index is -4.73. The Balaban J connectivity index is 1.73. The van der Waals surface area contributed by atoms with Gasteiger partial charge in [0.1, 0.15) is 18.2 Å². The molecule has 0 aliphatic heterocycles. The van der Waals surface area contributed by atoms with Crippen molar-refractivity contribution < 1.29 is 35.5 Å². The number of sulfonamides is 1. The van der Waals surface area contributed by atoms with Crippen LogP contribution < -0.4 is 9.46 Å². The van der Waals surface area contributed by atoms with Crippen molar-refractivity contribution in [2.75, 3.05) is 0 Å². The van der Waals surface area contributed by atoms with Gasteiger partial charge in [0.2, 0.25) is 0 Å². The van der Waals surface area contributed by atoms with E-state index < -0.39 is 38.4 Å². The summed E-state index contributed by atoms with van der Waals surface area (Å²) in [7, 11) is -4.55. The molecule has 3 aromatic carbocycles. The lowest BCUT2D eigenvalue weighted by Gasteiger charge is -2.11. The van der Waals surface area contributed by atoms with E-state index in [1.165, 1.54) is 42.5 Å². The highest BCUT2D eigenvalue weighted by molar-refractivity contribution is 7.90. The first kappa shape index (κ1) is 22.3.